The summed E-state index contributed by atoms with van der Waals surface area (Å²) in [5.41, 5.74) is 5.11. The van der Waals surface area contributed by atoms with Gasteiger partial charge in [-0.25, -0.2) is 0 Å². The molecule has 40 heavy (non-hydrogen) atoms. The summed E-state index contributed by atoms with van der Waals surface area (Å²) in [4.78, 5) is 15.8. The standard InChI is InChI=1S/C33H38N2O5/c1-37-30-16-26(17-31-32(30)40-22-39-31)19-34-33(36)27-10-11-29-28(18-27)15-24-6-5-7-25(14-24)21-35(20-23-8-9-23)12-3-2-4-13-38-29/h5-7,10-11,14,16-18,23H,2-4,8-9,12-13,15,19-22H2,1H3,(H,34,36). The Kier molecular flexibility index (Phi) is 8.09. The first-order chi connectivity index (χ1) is 19.6. The van der Waals surface area contributed by atoms with Gasteiger partial charge in [0.15, 0.2) is 11.5 Å². The maximum atomic E-state index is 13.2. The van der Waals surface area contributed by atoms with E-state index in [1.54, 1.807) is 7.11 Å². The molecule has 1 fully saturated rings. The van der Waals surface area contributed by atoms with E-state index in [4.69, 9.17) is 18.9 Å². The molecule has 1 aliphatic carbocycles. The Hall–Kier alpha value is -3.71. The SMILES string of the molecule is COc1cc(CNC(=O)c2ccc3c(c2)Cc2cccc(c2)CN(CC2CC2)CCCCCO3)cc2c1OCO2. The van der Waals surface area contributed by atoms with E-state index in [9.17, 15) is 4.79 Å². The highest BCUT2D eigenvalue weighted by molar-refractivity contribution is 5.94. The summed E-state index contributed by atoms with van der Waals surface area (Å²) >= 11 is 0. The Morgan fingerprint density at radius 1 is 0.975 bits per heavy atom. The van der Waals surface area contributed by atoms with Gasteiger partial charge >= 0.3 is 0 Å². The van der Waals surface area contributed by atoms with Crippen molar-refractivity contribution in [2.45, 2.75) is 51.6 Å². The summed E-state index contributed by atoms with van der Waals surface area (Å²) in [6, 6.07) is 18.4. The van der Waals surface area contributed by atoms with Crippen LogP contribution in [0.5, 0.6) is 23.0 Å². The van der Waals surface area contributed by atoms with Crippen molar-refractivity contribution in [1.29, 1.82) is 0 Å². The molecule has 210 valence electrons. The number of amides is 1. The van der Waals surface area contributed by atoms with Gasteiger partial charge < -0.3 is 24.3 Å². The first-order valence-corrected chi connectivity index (χ1v) is 14.5. The zero-order chi connectivity index (χ0) is 27.3. The maximum Gasteiger partial charge on any atom is 0.251 e. The van der Waals surface area contributed by atoms with E-state index in [0.717, 1.165) is 48.7 Å². The molecule has 0 radical (unpaired) electrons. The molecule has 0 unspecified atom stereocenters. The van der Waals surface area contributed by atoms with Gasteiger partial charge in [0.05, 0.1) is 13.7 Å². The number of hydrogen-bond acceptors (Lipinski definition) is 6. The monoisotopic (exact) mass is 542 g/mol. The minimum Gasteiger partial charge on any atom is -0.493 e. The highest BCUT2D eigenvalue weighted by atomic mass is 16.7. The van der Waals surface area contributed by atoms with Gasteiger partial charge in [-0.1, -0.05) is 24.3 Å². The normalized spacial score (nSPS) is 17.3. The van der Waals surface area contributed by atoms with Crippen molar-refractivity contribution in [3.05, 3.63) is 82.4 Å². The van der Waals surface area contributed by atoms with E-state index in [1.807, 2.05) is 30.3 Å². The van der Waals surface area contributed by atoms with Gasteiger partial charge in [0, 0.05) is 31.6 Å². The van der Waals surface area contributed by atoms with Crippen LogP contribution in [0.1, 0.15) is 64.7 Å². The summed E-state index contributed by atoms with van der Waals surface area (Å²) in [6.45, 7) is 4.56. The minimum atomic E-state index is -0.136. The third-order valence-corrected chi connectivity index (χ3v) is 7.88. The molecule has 0 atom stereocenters. The molecule has 0 saturated heterocycles. The number of ether oxygens (including phenoxy) is 4. The van der Waals surface area contributed by atoms with Crippen molar-refractivity contribution in [2.24, 2.45) is 5.92 Å². The summed E-state index contributed by atoms with van der Waals surface area (Å²) in [5, 5.41) is 3.04. The molecule has 7 heteroatoms. The highest BCUT2D eigenvalue weighted by Gasteiger charge is 2.24. The summed E-state index contributed by atoms with van der Waals surface area (Å²) < 4.78 is 22.7. The molecule has 0 aromatic heterocycles. The van der Waals surface area contributed by atoms with Crippen LogP contribution in [0.15, 0.2) is 54.6 Å². The van der Waals surface area contributed by atoms with Crippen LogP contribution in [0.25, 0.3) is 0 Å². The average Bonchev–Trinajstić information content (AvgIpc) is 3.65. The number of methoxy groups -OCH3 is 1. The van der Waals surface area contributed by atoms with Crippen LogP contribution in [-0.4, -0.2) is 44.4 Å². The van der Waals surface area contributed by atoms with E-state index in [2.05, 4.69) is 34.5 Å². The van der Waals surface area contributed by atoms with Crippen LogP contribution in [0.2, 0.25) is 0 Å². The lowest BCUT2D eigenvalue weighted by atomic mass is 9.99. The Balaban J connectivity index is 1.19. The second kappa shape index (κ2) is 12.2. The molecule has 2 bridgehead atoms. The van der Waals surface area contributed by atoms with E-state index >= 15 is 0 Å². The molecule has 7 nitrogen and oxygen atoms in total. The van der Waals surface area contributed by atoms with Crippen molar-refractivity contribution in [3.63, 3.8) is 0 Å². The van der Waals surface area contributed by atoms with Crippen LogP contribution < -0.4 is 24.3 Å². The van der Waals surface area contributed by atoms with E-state index < -0.39 is 0 Å². The maximum absolute atomic E-state index is 13.2. The van der Waals surface area contributed by atoms with Gasteiger partial charge in [0.25, 0.3) is 5.91 Å². The predicted octanol–water partition coefficient (Wildman–Crippen LogP) is 5.72. The first kappa shape index (κ1) is 26.5. The number of carbonyl (C=O) groups is 1. The first-order valence-electron chi connectivity index (χ1n) is 14.5. The molecule has 0 spiro atoms. The molecular formula is C33H38N2O5. The van der Waals surface area contributed by atoms with Crippen LogP contribution in [-0.2, 0) is 19.5 Å². The third kappa shape index (κ3) is 6.53. The number of fused-ring (bicyclic) bond motifs is 4. The second-order valence-electron chi connectivity index (χ2n) is 11.1. The van der Waals surface area contributed by atoms with Gasteiger partial charge in [-0.3, -0.25) is 9.69 Å². The number of carbonyl (C=O) groups excluding carboxylic acids is 1. The zero-order valence-corrected chi connectivity index (χ0v) is 23.2. The van der Waals surface area contributed by atoms with Crippen molar-refractivity contribution < 1.29 is 23.7 Å². The third-order valence-electron chi connectivity index (χ3n) is 7.88. The zero-order valence-electron chi connectivity index (χ0n) is 23.2. The Morgan fingerprint density at radius 3 is 2.75 bits per heavy atom. The number of benzene rings is 3. The number of nitrogens with one attached hydrogen (secondary N) is 1. The molecule has 3 aromatic rings. The van der Waals surface area contributed by atoms with Crippen LogP contribution in [0, 0.1) is 5.92 Å². The molecule has 6 rings (SSSR count). The van der Waals surface area contributed by atoms with Crippen molar-refractivity contribution in [3.8, 4) is 23.0 Å². The van der Waals surface area contributed by atoms with E-state index in [0.29, 0.717) is 42.4 Å². The molecule has 3 aromatic carbocycles. The molecule has 1 N–H and O–H groups in total. The summed E-state index contributed by atoms with van der Waals surface area (Å²) in [5.74, 6) is 3.43. The lowest BCUT2D eigenvalue weighted by molar-refractivity contribution is 0.0950. The molecule has 2 aliphatic heterocycles. The molecule has 3 aliphatic rings. The fourth-order valence-electron chi connectivity index (χ4n) is 5.58. The Bertz CT molecular complexity index is 1350. The smallest absolute Gasteiger partial charge is 0.251 e. The minimum absolute atomic E-state index is 0.136. The van der Waals surface area contributed by atoms with E-state index in [1.165, 1.54) is 36.9 Å². The van der Waals surface area contributed by atoms with Gasteiger partial charge in [0.1, 0.15) is 5.75 Å². The molecular weight excluding hydrogens is 504 g/mol. The van der Waals surface area contributed by atoms with Gasteiger partial charge in [-0.15, -0.1) is 0 Å². The highest BCUT2D eigenvalue weighted by Crippen LogP contribution is 2.41. The van der Waals surface area contributed by atoms with Crippen molar-refractivity contribution in [1.82, 2.24) is 10.2 Å². The number of hydrogen-bond donors (Lipinski definition) is 1. The second-order valence-corrected chi connectivity index (χ2v) is 11.1. The fraction of sp³-hybridized carbons (Fsp3) is 0.424. The average molecular weight is 543 g/mol. The van der Waals surface area contributed by atoms with Crippen LogP contribution >= 0.6 is 0 Å². The van der Waals surface area contributed by atoms with Gasteiger partial charge in [0.2, 0.25) is 12.5 Å². The van der Waals surface area contributed by atoms with Crippen LogP contribution in [0.3, 0.4) is 0 Å². The topological polar surface area (TPSA) is 69.3 Å². The van der Waals surface area contributed by atoms with E-state index in [-0.39, 0.29) is 12.7 Å². The Labute approximate surface area is 236 Å². The van der Waals surface area contributed by atoms with Crippen molar-refractivity contribution in [2.75, 3.05) is 33.6 Å². The molecule has 1 amide bonds. The summed E-state index contributed by atoms with van der Waals surface area (Å²) in [7, 11) is 1.59. The van der Waals surface area contributed by atoms with Gasteiger partial charge in [-0.2, -0.15) is 0 Å². The van der Waals surface area contributed by atoms with Crippen molar-refractivity contribution >= 4 is 5.91 Å². The lowest BCUT2D eigenvalue weighted by Gasteiger charge is -2.23. The predicted molar refractivity (Wildman–Crippen MR) is 153 cm³/mol. The summed E-state index contributed by atoms with van der Waals surface area (Å²) in [6.07, 6.45) is 6.85. The largest absolute Gasteiger partial charge is 0.493 e. The van der Waals surface area contributed by atoms with Crippen LogP contribution in [0.4, 0.5) is 0 Å². The Morgan fingerprint density at radius 2 is 1.88 bits per heavy atom. The molecule has 1 saturated carbocycles. The number of rotatable bonds is 6. The fourth-order valence-corrected chi connectivity index (χ4v) is 5.58. The van der Waals surface area contributed by atoms with Gasteiger partial charge in [-0.05, 0) is 97.2 Å². The number of nitrogens with zero attached hydrogens (tertiary/aromatic N) is 1. The lowest BCUT2D eigenvalue weighted by Crippen LogP contribution is -2.27. The quantitative estimate of drug-likeness (QED) is 0.430. The molecule has 2 heterocycles.